The average molecular weight is 713 g/mol. The van der Waals surface area contributed by atoms with Crippen LogP contribution in [0.2, 0.25) is 0 Å². The van der Waals surface area contributed by atoms with Gasteiger partial charge in [0.05, 0.1) is 22.1 Å². The Morgan fingerprint density at radius 1 is 0.214 bits per heavy atom. The van der Waals surface area contributed by atoms with Gasteiger partial charge in [0, 0.05) is 32.9 Å². The topological polar surface area (TPSA) is 9.86 Å². The summed E-state index contributed by atoms with van der Waals surface area (Å²) in [6.45, 7) is 0. The predicted molar refractivity (Wildman–Crippen MR) is 237 cm³/mol. The lowest BCUT2D eigenvalue weighted by molar-refractivity contribution is 1.18. The molecule has 0 aliphatic heterocycles. The first-order valence-corrected chi connectivity index (χ1v) is 19.3. The SMILES string of the molecule is c1ccc(-c2cccc(-c3ccccc3-c3ccc4c(c3)c3cc(-c5ccc6c(c5)c5ccccc5n6-c5ccccc5)ccc3n4-c3ccccc3)c2)cc1. The smallest absolute Gasteiger partial charge is 0.0541 e. The van der Waals surface area contributed by atoms with Crippen LogP contribution in [0.15, 0.2) is 218 Å². The fourth-order valence-electron chi connectivity index (χ4n) is 8.72. The molecule has 2 nitrogen and oxygen atoms in total. The Kier molecular flexibility index (Phi) is 7.53. The van der Waals surface area contributed by atoms with E-state index >= 15 is 0 Å². The molecule has 2 aromatic heterocycles. The molecule has 0 bridgehead atoms. The van der Waals surface area contributed by atoms with Crippen LogP contribution in [0.3, 0.4) is 0 Å². The zero-order valence-corrected chi connectivity index (χ0v) is 30.7. The summed E-state index contributed by atoms with van der Waals surface area (Å²) in [6, 6.07) is 79.4. The van der Waals surface area contributed by atoms with Gasteiger partial charge in [0.2, 0.25) is 0 Å². The highest BCUT2D eigenvalue weighted by atomic mass is 15.0. The third-order valence-corrected chi connectivity index (χ3v) is 11.3. The lowest BCUT2D eigenvalue weighted by Gasteiger charge is -2.13. The van der Waals surface area contributed by atoms with Gasteiger partial charge in [-0.1, -0.05) is 146 Å². The molecular formula is C54H36N2. The Labute approximate surface area is 325 Å². The maximum absolute atomic E-state index is 2.41. The van der Waals surface area contributed by atoms with E-state index in [-0.39, 0.29) is 0 Å². The highest BCUT2D eigenvalue weighted by molar-refractivity contribution is 6.13. The van der Waals surface area contributed by atoms with Crippen molar-refractivity contribution >= 4 is 43.6 Å². The maximum atomic E-state index is 2.41. The number of benzene rings is 9. The molecular weight excluding hydrogens is 677 g/mol. The van der Waals surface area contributed by atoms with Crippen LogP contribution in [0.4, 0.5) is 0 Å². The van der Waals surface area contributed by atoms with Crippen molar-refractivity contribution in [2.24, 2.45) is 0 Å². The van der Waals surface area contributed by atoms with Gasteiger partial charge in [-0.2, -0.15) is 0 Å². The molecule has 2 heterocycles. The van der Waals surface area contributed by atoms with Gasteiger partial charge in [-0.25, -0.2) is 0 Å². The van der Waals surface area contributed by atoms with Gasteiger partial charge in [0.15, 0.2) is 0 Å². The second kappa shape index (κ2) is 13.2. The Bertz CT molecular complexity index is 3220. The van der Waals surface area contributed by atoms with Gasteiger partial charge in [0.1, 0.15) is 0 Å². The minimum Gasteiger partial charge on any atom is -0.309 e. The molecule has 262 valence electrons. The summed E-state index contributed by atoms with van der Waals surface area (Å²) in [7, 11) is 0. The molecule has 0 spiro atoms. The summed E-state index contributed by atoms with van der Waals surface area (Å²) in [6.07, 6.45) is 0. The van der Waals surface area contributed by atoms with Crippen molar-refractivity contribution in [2.75, 3.05) is 0 Å². The van der Waals surface area contributed by atoms with Gasteiger partial charge < -0.3 is 9.13 Å². The Morgan fingerprint density at radius 3 is 1.18 bits per heavy atom. The van der Waals surface area contributed by atoms with Crippen LogP contribution >= 0.6 is 0 Å². The standard InChI is InChI=1S/C54H36N2/c1-4-15-37(16-5-1)38-17-14-18-41(33-38)45-23-10-11-24-46(45)42-29-32-54-50(36-42)49-35-40(28-31-53(49)56(54)44-21-8-3-9-22-44)39-27-30-52-48(34-39)47-25-12-13-26-51(47)55(52)43-19-6-2-7-20-43/h1-36H. The molecule has 0 radical (unpaired) electrons. The molecule has 9 aromatic carbocycles. The van der Waals surface area contributed by atoms with E-state index in [9.17, 15) is 0 Å². The van der Waals surface area contributed by atoms with E-state index in [0.29, 0.717) is 0 Å². The van der Waals surface area contributed by atoms with Gasteiger partial charge in [-0.15, -0.1) is 0 Å². The Balaban J connectivity index is 1.09. The quantitative estimate of drug-likeness (QED) is 0.162. The molecule has 0 aliphatic carbocycles. The summed E-state index contributed by atoms with van der Waals surface area (Å²) in [5.41, 5.74) is 16.8. The summed E-state index contributed by atoms with van der Waals surface area (Å²) in [5, 5.41) is 4.98. The molecule has 0 atom stereocenters. The first kappa shape index (κ1) is 32.0. The maximum Gasteiger partial charge on any atom is 0.0541 e. The van der Waals surface area contributed by atoms with Gasteiger partial charge in [0.25, 0.3) is 0 Å². The van der Waals surface area contributed by atoms with Crippen LogP contribution in [0.5, 0.6) is 0 Å². The molecule has 0 N–H and O–H groups in total. The molecule has 2 heteroatoms. The Hall–Kier alpha value is -7.42. The number of rotatable bonds is 6. The van der Waals surface area contributed by atoms with Crippen molar-refractivity contribution in [3.05, 3.63) is 218 Å². The van der Waals surface area contributed by atoms with Gasteiger partial charge >= 0.3 is 0 Å². The van der Waals surface area contributed by atoms with Gasteiger partial charge in [-0.3, -0.25) is 0 Å². The largest absolute Gasteiger partial charge is 0.309 e. The lowest BCUT2D eigenvalue weighted by atomic mass is 9.92. The molecule has 56 heavy (non-hydrogen) atoms. The highest BCUT2D eigenvalue weighted by Gasteiger charge is 2.18. The summed E-state index contributed by atoms with van der Waals surface area (Å²) < 4.78 is 4.78. The second-order valence-electron chi connectivity index (χ2n) is 14.5. The van der Waals surface area contributed by atoms with Gasteiger partial charge in [-0.05, 0) is 117 Å². The van der Waals surface area contributed by atoms with Crippen molar-refractivity contribution in [1.29, 1.82) is 0 Å². The predicted octanol–water partition coefficient (Wildman–Crippen LogP) is 14.5. The molecule has 0 amide bonds. The number of fused-ring (bicyclic) bond motifs is 6. The van der Waals surface area contributed by atoms with E-state index in [0.717, 1.165) is 5.69 Å². The third kappa shape index (κ3) is 5.26. The Morgan fingerprint density at radius 2 is 0.589 bits per heavy atom. The minimum absolute atomic E-state index is 1.15. The zero-order valence-electron chi connectivity index (χ0n) is 30.7. The molecule has 0 saturated carbocycles. The molecule has 0 saturated heterocycles. The second-order valence-corrected chi connectivity index (χ2v) is 14.5. The fourth-order valence-corrected chi connectivity index (χ4v) is 8.72. The van der Waals surface area contributed by atoms with Crippen molar-refractivity contribution < 1.29 is 0 Å². The first-order valence-electron chi connectivity index (χ1n) is 19.3. The van der Waals surface area contributed by atoms with E-state index in [1.165, 1.54) is 93.8 Å². The van der Waals surface area contributed by atoms with Crippen LogP contribution in [0.1, 0.15) is 0 Å². The molecule has 11 rings (SSSR count). The summed E-state index contributed by atoms with van der Waals surface area (Å²) in [4.78, 5) is 0. The monoisotopic (exact) mass is 712 g/mol. The fraction of sp³-hybridized carbons (Fsp3) is 0. The number of nitrogens with zero attached hydrogens (tertiary/aromatic N) is 2. The number of para-hydroxylation sites is 3. The molecule has 11 aromatic rings. The minimum atomic E-state index is 1.15. The van der Waals surface area contributed by atoms with E-state index < -0.39 is 0 Å². The normalized spacial score (nSPS) is 11.6. The van der Waals surface area contributed by atoms with Crippen LogP contribution in [0.25, 0.3) is 99.5 Å². The van der Waals surface area contributed by atoms with Crippen molar-refractivity contribution in [2.45, 2.75) is 0 Å². The van der Waals surface area contributed by atoms with E-state index in [4.69, 9.17) is 0 Å². The third-order valence-electron chi connectivity index (χ3n) is 11.3. The van der Waals surface area contributed by atoms with Crippen molar-refractivity contribution in [3.8, 4) is 55.9 Å². The van der Waals surface area contributed by atoms with E-state index in [1.54, 1.807) is 0 Å². The highest BCUT2D eigenvalue weighted by Crippen LogP contribution is 2.41. The first-order chi connectivity index (χ1) is 27.8. The van der Waals surface area contributed by atoms with E-state index in [2.05, 4.69) is 228 Å². The van der Waals surface area contributed by atoms with Crippen molar-refractivity contribution in [3.63, 3.8) is 0 Å². The molecule has 0 aliphatic rings. The molecule has 0 unspecified atom stereocenters. The number of aromatic nitrogens is 2. The van der Waals surface area contributed by atoms with Crippen LogP contribution in [-0.2, 0) is 0 Å². The number of hydrogen-bond acceptors (Lipinski definition) is 0. The van der Waals surface area contributed by atoms with E-state index in [1.807, 2.05) is 0 Å². The summed E-state index contributed by atoms with van der Waals surface area (Å²) in [5.74, 6) is 0. The lowest BCUT2D eigenvalue weighted by Crippen LogP contribution is -1.93. The average Bonchev–Trinajstić information content (AvgIpc) is 3.79. The molecule has 0 fully saturated rings. The number of hydrogen-bond donors (Lipinski definition) is 0. The van der Waals surface area contributed by atoms with Crippen LogP contribution in [0, 0.1) is 0 Å². The van der Waals surface area contributed by atoms with Crippen molar-refractivity contribution in [1.82, 2.24) is 9.13 Å². The van der Waals surface area contributed by atoms with Crippen LogP contribution < -0.4 is 0 Å². The van der Waals surface area contributed by atoms with Crippen LogP contribution in [-0.4, -0.2) is 9.13 Å². The summed E-state index contributed by atoms with van der Waals surface area (Å²) >= 11 is 0. The zero-order chi connectivity index (χ0) is 37.0.